The van der Waals surface area contributed by atoms with E-state index in [1.165, 1.54) is 5.56 Å². The Hall–Kier alpha value is -1.19. The van der Waals surface area contributed by atoms with E-state index in [1.54, 1.807) is 0 Å². The third-order valence-electron chi connectivity index (χ3n) is 2.93. The normalized spacial score (nSPS) is 10.7. The first-order valence-corrected chi connectivity index (χ1v) is 6.91. The van der Waals surface area contributed by atoms with Gasteiger partial charge in [-0.1, -0.05) is 37.1 Å². The maximum Gasteiger partial charge on any atom is 0.188 e. The van der Waals surface area contributed by atoms with Gasteiger partial charge in [-0.2, -0.15) is 0 Å². The Labute approximate surface area is 115 Å². The zero-order valence-electron chi connectivity index (χ0n) is 12.2. The van der Waals surface area contributed by atoms with Crippen LogP contribution in [0.5, 0.6) is 0 Å². The molecule has 0 N–H and O–H groups in total. The molecule has 0 bridgehead atoms. The summed E-state index contributed by atoms with van der Waals surface area (Å²) in [4.78, 5) is 11.9. The second-order valence-electron chi connectivity index (χ2n) is 4.76. The van der Waals surface area contributed by atoms with Crippen molar-refractivity contribution in [2.75, 3.05) is 26.4 Å². The van der Waals surface area contributed by atoms with Gasteiger partial charge >= 0.3 is 0 Å². The molecule has 0 unspecified atom stereocenters. The predicted octanol–water partition coefficient (Wildman–Crippen LogP) is 3.32. The van der Waals surface area contributed by atoms with Crippen molar-refractivity contribution in [3.63, 3.8) is 0 Å². The smallest absolute Gasteiger partial charge is 0.188 e. The van der Waals surface area contributed by atoms with Gasteiger partial charge in [0.1, 0.15) is 6.61 Å². The summed E-state index contributed by atoms with van der Waals surface area (Å²) in [6.45, 7) is 8.02. The number of Topliss-reactive ketones (excluding diaryl/α,β-unsaturated/α-hetero) is 1. The number of carbonyl (C=O) groups is 1. The van der Waals surface area contributed by atoms with Crippen LogP contribution in [0.2, 0.25) is 0 Å². The Morgan fingerprint density at radius 1 is 1.11 bits per heavy atom. The highest BCUT2D eigenvalue weighted by Gasteiger charge is 2.08. The average Bonchev–Trinajstić information content (AvgIpc) is 2.37. The molecular formula is C16H24O3. The highest BCUT2D eigenvalue weighted by Crippen LogP contribution is 2.11. The van der Waals surface area contributed by atoms with Crippen molar-refractivity contribution in [2.24, 2.45) is 0 Å². The van der Waals surface area contributed by atoms with Gasteiger partial charge in [-0.3, -0.25) is 4.79 Å². The molecule has 19 heavy (non-hydrogen) atoms. The molecule has 3 nitrogen and oxygen atoms in total. The second-order valence-corrected chi connectivity index (χ2v) is 4.76. The maximum absolute atomic E-state index is 11.9. The summed E-state index contributed by atoms with van der Waals surface area (Å²) in [5.41, 5.74) is 2.92. The summed E-state index contributed by atoms with van der Waals surface area (Å²) in [5, 5.41) is 0. The van der Waals surface area contributed by atoms with Crippen LogP contribution in [0.4, 0.5) is 0 Å². The lowest BCUT2D eigenvalue weighted by molar-refractivity contribution is 0.0432. The predicted molar refractivity (Wildman–Crippen MR) is 76.8 cm³/mol. The van der Waals surface area contributed by atoms with Gasteiger partial charge in [0.25, 0.3) is 0 Å². The molecule has 0 atom stereocenters. The van der Waals surface area contributed by atoms with Crippen LogP contribution in [0.25, 0.3) is 0 Å². The molecule has 3 heteroatoms. The van der Waals surface area contributed by atoms with Crippen molar-refractivity contribution >= 4 is 5.78 Å². The summed E-state index contributed by atoms with van der Waals surface area (Å²) in [5.74, 6) is 0.0334. The molecule has 0 aliphatic heterocycles. The van der Waals surface area contributed by atoms with Crippen molar-refractivity contribution in [3.8, 4) is 0 Å². The molecule has 0 heterocycles. The van der Waals surface area contributed by atoms with Crippen LogP contribution in [0, 0.1) is 13.8 Å². The van der Waals surface area contributed by atoms with E-state index in [4.69, 9.17) is 9.47 Å². The standard InChI is InChI=1S/C16H24O3/c1-4-5-8-18-9-10-19-12-16(17)15-7-6-13(2)11-14(15)3/h6-7,11H,4-5,8-10,12H2,1-3H3. The third-order valence-corrected chi connectivity index (χ3v) is 2.93. The van der Waals surface area contributed by atoms with E-state index in [-0.39, 0.29) is 12.4 Å². The van der Waals surface area contributed by atoms with E-state index in [9.17, 15) is 4.79 Å². The topological polar surface area (TPSA) is 35.5 Å². The Morgan fingerprint density at radius 2 is 1.84 bits per heavy atom. The molecule has 1 aromatic rings. The quantitative estimate of drug-likeness (QED) is 0.507. The van der Waals surface area contributed by atoms with E-state index in [0.717, 1.165) is 30.6 Å². The summed E-state index contributed by atoms with van der Waals surface area (Å²) in [6.07, 6.45) is 2.20. The molecule has 0 radical (unpaired) electrons. The van der Waals surface area contributed by atoms with E-state index < -0.39 is 0 Å². The van der Waals surface area contributed by atoms with Crippen LogP contribution >= 0.6 is 0 Å². The molecule has 0 saturated heterocycles. The molecule has 0 aromatic heterocycles. The van der Waals surface area contributed by atoms with E-state index >= 15 is 0 Å². The lowest BCUT2D eigenvalue weighted by Crippen LogP contribution is -2.14. The number of benzene rings is 1. The van der Waals surface area contributed by atoms with Crippen LogP contribution in [0.15, 0.2) is 18.2 Å². The van der Waals surface area contributed by atoms with Gasteiger partial charge in [-0.05, 0) is 25.8 Å². The van der Waals surface area contributed by atoms with Crippen molar-refractivity contribution in [1.82, 2.24) is 0 Å². The van der Waals surface area contributed by atoms with Crippen LogP contribution in [-0.2, 0) is 9.47 Å². The third kappa shape index (κ3) is 5.99. The molecule has 0 saturated carbocycles. The highest BCUT2D eigenvalue weighted by atomic mass is 16.5. The van der Waals surface area contributed by atoms with Gasteiger partial charge < -0.3 is 9.47 Å². The zero-order valence-corrected chi connectivity index (χ0v) is 12.2. The van der Waals surface area contributed by atoms with E-state index in [2.05, 4.69) is 6.92 Å². The Balaban J connectivity index is 2.24. The van der Waals surface area contributed by atoms with Crippen LogP contribution in [0.3, 0.4) is 0 Å². The van der Waals surface area contributed by atoms with E-state index in [0.29, 0.717) is 13.2 Å². The number of hydrogen-bond donors (Lipinski definition) is 0. The average molecular weight is 264 g/mol. The number of ether oxygens (including phenoxy) is 2. The Kier molecular flexibility index (Phi) is 7.38. The molecule has 0 fully saturated rings. The SMILES string of the molecule is CCCCOCCOCC(=O)c1ccc(C)cc1C. The Bertz CT molecular complexity index is 399. The van der Waals surface area contributed by atoms with Gasteiger partial charge in [0.2, 0.25) is 0 Å². The van der Waals surface area contributed by atoms with Gasteiger partial charge in [0, 0.05) is 12.2 Å². The lowest BCUT2D eigenvalue weighted by atomic mass is 10.0. The Morgan fingerprint density at radius 3 is 2.53 bits per heavy atom. The number of hydrogen-bond acceptors (Lipinski definition) is 3. The molecule has 0 amide bonds. The molecule has 0 aliphatic rings. The van der Waals surface area contributed by atoms with Crippen LogP contribution < -0.4 is 0 Å². The highest BCUT2D eigenvalue weighted by molar-refractivity contribution is 5.98. The van der Waals surface area contributed by atoms with Crippen molar-refractivity contribution in [2.45, 2.75) is 33.6 Å². The number of carbonyl (C=O) groups excluding carboxylic acids is 1. The fourth-order valence-corrected chi connectivity index (χ4v) is 1.84. The lowest BCUT2D eigenvalue weighted by Gasteiger charge is -2.07. The summed E-state index contributed by atoms with van der Waals surface area (Å²) in [6, 6.07) is 5.84. The molecule has 0 aliphatic carbocycles. The first kappa shape index (κ1) is 15.9. The molecule has 0 spiro atoms. The van der Waals surface area contributed by atoms with Crippen molar-refractivity contribution in [3.05, 3.63) is 34.9 Å². The minimum atomic E-state index is 0.0334. The molecular weight excluding hydrogens is 240 g/mol. The maximum atomic E-state index is 11.9. The first-order chi connectivity index (χ1) is 9.15. The zero-order chi connectivity index (χ0) is 14.1. The number of aryl methyl sites for hydroxylation is 2. The summed E-state index contributed by atoms with van der Waals surface area (Å²) in [7, 11) is 0. The van der Waals surface area contributed by atoms with Gasteiger partial charge in [-0.25, -0.2) is 0 Å². The minimum absolute atomic E-state index is 0.0334. The first-order valence-electron chi connectivity index (χ1n) is 6.91. The summed E-state index contributed by atoms with van der Waals surface area (Å²) < 4.78 is 10.7. The molecule has 1 rings (SSSR count). The van der Waals surface area contributed by atoms with Gasteiger partial charge in [0.05, 0.1) is 13.2 Å². The largest absolute Gasteiger partial charge is 0.379 e. The molecule has 106 valence electrons. The van der Waals surface area contributed by atoms with Gasteiger partial charge in [-0.15, -0.1) is 0 Å². The fourth-order valence-electron chi connectivity index (χ4n) is 1.84. The molecule has 1 aromatic carbocycles. The number of unbranched alkanes of at least 4 members (excludes halogenated alkanes) is 1. The van der Waals surface area contributed by atoms with E-state index in [1.807, 2.05) is 32.0 Å². The number of ketones is 1. The minimum Gasteiger partial charge on any atom is -0.379 e. The monoisotopic (exact) mass is 264 g/mol. The summed E-state index contributed by atoms with van der Waals surface area (Å²) >= 11 is 0. The van der Waals surface area contributed by atoms with Crippen LogP contribution in [-0.4, -0.2) is 32.2 Å². The van der Waals surface area contributed by atoms with Crippen LogP contribution in [0.1, 0.15) is 41.3 Å². The van der Waals surface area contributed by atoms with Crippen molar-refractivity contribution < 1.29 is 14.3 Å². The van der Waals surface area contributed by atoms with Crippen molar-refractivity contribution in [1.29, 1.82) is 0 Å². The van der Waals surface area contributed by atoms with Gasteiger partial charge in [0.15, 0.2) is 5.78 Å². The second kappa shape index (κ2) is 8.83. The fraction of sp³-hybridized carbons (Fsp3) is 0.562. The number of rotatable bonds is 9.